The molecular weight excluding hydrogens is 297 g/mol. The van der Waals surface area contributed by atoms with Crippen molar-refractivity contribution in [2.45, 2.75) is 39.2 Å². The average Bonchev–Trinajstić information content (AvgIpc) is 2.43. The number of nitrogens with two attached hydrogens (primary N) is 1. The summed E-state index contributed by atoms with van der Waals surface area (Å²) in [6.45, 7) is 3.52. The predicted octanol–water partition coefficient (Wildman–Crippen LogP) is 2.48. The number of halogens is 1. The van der Waals surface area contributed by atoms with E-state index in [0.29, 0.717) is 5.92 Å². The van der Waals surface area contributed by atoms with Crippen molar-refractivity contribution in [1.82, 2.24) is 10.6 Å². The highest BCUT2D eigenvalue weighted by Gasteiger charge is 2.31. The molecule has 6 heteroatoms. The minimum atomic E-state index is -0.806. The van der Waals surface area contributed by atoms with Crippen LogP contribution in [0.15, 0.2) is 24.3 Å². The van der Waals surface area contributed by atoms with Gasteiger partial charge in [-0.2, -0.15) is 0 Å². The summed E-state index contributed by atoms with van der Waals surface area (Å²) in [7, 11) is 0. The number of hydrogen-bond donors (Lipinski definition) is 3. The van der Waals surface area contributed by atoms with Crippen LogP contribution in [0, 0.1) is 17.2 Å². The molecule has 1 fully saturated rings. The van der Waals surface area contributed by atoms with Crippen molar-refractivity contribution in [1.29, 1.82) is 0 Å². The molecule has 0 saturated heterocycles. The number of primary amides is 1. The van der Waals surface area contributed by atoms with Gasteiger partial charge in [0, 0.05) is 6.54 Å². The molecule has 2 rings (SSSR count). The highest BCUT2D eigenvalue weighted by atomic mass is 19.1. The van der Waals surface area contributed by atoms with Crippen LogP contribution in [0.5, 0.6) is 0 Å². The maximum Gasteiger partial charge on any atom is 0.315 e. The van der Waals surface area contributed by atoms with E-state index in [9.17, 15) is 14.0 Å². The van der Waals surface area contributed by atoms with Gasteiger partial charge in [-0.05, 0) is 50.3 Å². The Labute approximate surface area is 135 Å². The van der Waals surface area contributed by atoms with E-state index in [1.807, 2.05) is 0 Å². The molecule has 0 aliphatic heterocycles. The molecule has 0 spiro atoms. The minimum absolute atomic E-state index is 0.152. The van der Waals surface area contributed by atoms with Crippen molar-refractivity contribution in [3.05, 3.63) is 35.6 Å². The van der Waals surface area contributed by atoms with E-state index < -0.39 is 11.3 Å². The first-order valence-electron chi connectivity index (χ1n) is 7.89. The lowest BCUT2D eigenvalue weighted by atomic mass is 9.77. The van der Waals surface area contributed by atoms with E-state index in [4.69, 9.17) is 5.73 Å². The van der Waals surface area contributed by atoms with Crippen LogP contribution < -0.4 is 16.4 Å². The molecule has 5 nitrogen and oxygen atoms in total. The Balaban J connectivity index is 1.99. The van der Waals surface area contributed by atoms with Crippen LogP contribution in [0.2, 0.25) is 0 Å². The fourth-order valence-electron chi connectivity index (χ4n) is 2.50. The second-order valence-corrected chi connectivity index (χ2v) is 6.80. The van der Waals surface area contributed by atoms with Gasteiger partial charge in [-0.15, -0.1) is 0 Å². The van der Waals surface area contributed by atoms with Crippen molar-refractivity contribution in [3.63, 3.8) is 0 Å². The van der Waals surface area contributed by atoms with Crippen LogP contribution >= 0.6 is 0 Å². The first-order valence-corrected chi connectivity index (χ1v) is 7.89. The second kappa shape index (κ2) is 6.98. The Hall–Kier alpha value is -2.11. The zero-order chi connectivity index (χ0) is 17.0. The fraction of sp³-hybridized carbons (Fsp3) is 0.529. The van der Waals surface area contributed by atoms with Gasteiger partial charge in [0.25, 0.3) is 0 Å². The third-order valence-corrected chi connectivity index (χ3v) is 4.49. The van der Waals surface area contributed by atoms with Gasteiger partial charge >= 0.3 is 6.03 Å². The van der Waals surface area contributed by atoms with Crippen LogP contribution in [0.25, 0.3) is 0 Å². The average molecular weight is 321 g/mol. The molecule has 0 radical (unpaired) electrons. The Morgan fingerprint density at radius 2 is 1.91 bits per heavy atom. The maximum absolute atomic E-state index is 13.1. The van der Waals surface area contributed by atoms with Crippen molar-refractivity contribution >= 4 is 11.9 Å². The van der Waals surface area contributed by atoms with Gasteiger partial charge in [0.1, 0.15) is 5.82 Å². The van der Waals surface area contributed by atoms with Gasteiger partial charge in [-0.3, -0.25) is 4.79 Å². The highest BCUT2D eigenvalue weighted by molar-refractivity contribution is 5.81. The van der Waals surface area contributed by atoms with E-state index in [2.05, 4.69) is 10.6 Å². The number of benzene rings is 1. The normalized spacial score (nSPS) is 16.3. The van der Waals surface area contributed by atoms with Crippen LogP contribution in [0.4, 0.5) is 9.18 Å². The largest absolute Gasteiger partial charge is 0.369 e. The summed E-state index contributed by atoms with van der Waals surface area (Å²) in [6, 6.07) is 5.70. The predicted molar refractivity (Wildman–Crippen MR) is 86.0 cm³/mol. The molecule has 1 aliphatic carbocycles. The SMILES string of the molecule is CC(C)(CNC(=O)NC(c1ccc(F)cc1)C1CCC1)C(N)=O. The van der Waals surface area contributed by atoms with E-state index >= 15 is 0 Å². The number of carbonyl (C=O) groups is 2. The molecule has 1 aromatic rings. The number of carbonyl (C=O) groups excluding carboxylic acids is 2. The summed E-state index contributed by atoms with van der Waals surface area (Å²) in [5.41, 5.74) is 5.38. The van der Waals surface area contributed by atoms with Crippen LogP contribution in [0.3, 0.4) is 0 Å². The summed E-state index contributed by atoms with van der Waals surface area (Å²) < 4.78 is 13.1. The molecule has 23 heavy (non-hydrogen) atoms. The molecule has 1 atom stereocenters. The van der Waals surface area contributed by atoms with Gasteiger partial charge in [0.2, 0.25) is 5.91 Å². The summed E-state index contributed by atoms with van der Waals surface area (Å²) in [6.07, 6.45) is 3.21. The lowest BCUT2D eigenvalue weighted by Crippen LogP contribution is -2.47. The van der Waals surface area contributed by atoms with Gasteiger partial charge in [0.15, 0.2) is 0 Å². The molecule has 1 unspecified atom stereocenters. The quantitative estimate of drug-likeness (QED) is 0.752. The maximum atomic E-state index is 13.1. The minimum Gasteiger partial charge on any atom is -0.369 e. The molecule has 4 N–H and O–H groups in total. The van der Waals surface area contributed by atoms with Crippen molar-refractivity contribution < 1.29 is 14.0 Å². The molecule has 1 saturated carbocycles. The molecule has 1 aromatic carbocycles. The Bertz CT molecular complexity index is 568. The molecule has 0 heterocycles. The van der Waals surface area contributed by atoms with E-state index in [-0.39, 0.29) is 24.4 Å². The molecule has 0 bridgehead atoms. The van der Waals surface area contributed by atoms with Crippen molar-refractivity contribution in [2.24, 2.45) is 17.1 Å². The van der Waals surface area contributed by atoms with Crippen LogP contribution in [-0.2, 0) is 4.79 Å². The number of rotatable bonds is 6. The summed E-state index contributed by atoms with van der Waals surface area (Å²) in [5, 5.41) is 5.64. The van der Waals surface area contributed by atoms with Crippen LogP contribution in [0.1, 0.15) is 44.7 Å². The molecule has 3 amide bonds. The van der Waals surface area contributed by atoms with Gasteiger partial charge in [-0.1, -0.05) is 18.6 Å². The van der Waals surface area contributed by atoms with Gasteiger partial charge in [-0.25, -0.2) is 9.18 Å². The van der Waals surface area contributed by atoms with E-state index in [1.54, 1.807) is 26.0 Å². The van der Waals surface area contributed by atoms with E-state index in [1.165, 1.54) is 12.1 Å². The number of urea groups is 1. The number of hydrogen-bond acceptors (Lipinski definition) is 2. The van der Waals surface area contributed by atoms with E-state index in [0.717, 1.165) is 24.8 Å². The number of nitrogens with one attached hydrogen (secondary N) is 2. The number of amides is 3. The van der Waals surface area contributed by atoms with Gasteiger partial charge < -0.3 is 16.4 Å². The van der Waals surface area contributed by atoms with Crippen LogP contribution in [-0.4, -0.2) is 18.5 Å². The second-order valence-electron chi connectivity index (χ2n) is 6.80. The standard InChI is InChI=1S/C17H24FN3O2/c1-17(2,15(19)22)10-20-16(23)21-14(11-4-3-5-11)12-6-8-13(18)9-7-12/h6-9,11,14H,3-5,10H2,1-2H3,(H2,19,22)(H2,20,21,23). The molecule has 0 aromatic heterocycles. The lowest BCUT2D eigenvalue weighted by molar-refractivity contribution is -0.125. The Kier molecular flexibility index (Phi) is 5.23. The summed E-state index contributed by atoms with van der Waals surface area (Å²) in [4.78, 5) is 23.4. The van der Waals surface area contributed by atoms with Gasteiger partial charge in [0.05, 0.1) is 11.5 Å². The third-order valence-electron chi connectivity index (χ3n) is 4.49. The molecule has 126 valence electrons. The van der Waals surface area contributed by atoms with Crippen molar-refractivity contribution in [3.8, 4) is 0 Å². The first kappa shape index (κ1) is 17.2. The highest BCUT2D eigenvalue weighted by Crippen LogP contribution is 2.37. The zero-order valence-electron chi connectivity index (χ0n) is 13.6. The fourth-order valence-corrected chi connectivity index (χ4v) is 2.50. The summed E-state index contributed by atoms with van der Waals surface area (Å²) in [5.74, 6) is -0.406. The topological polar surface area (TPSA) is 84.2 Å². The van der Waals surface area contributed by atoms with Crippen molar-refractivity contribution in [2.75, 3.05) is 6.54 Å². The molecular formula is C17H24FN3O2. The lowest BCUT2D eigenvalue weighted by Gasteiger charge is -2.35. The third kappa shape index (κ3) is 4.43. The monoisotopic (exact) mass is 321 g/mol. The summed E-state index contributed by atoms with van der Waals surface area (Å²) >= 11 is 0. The smallest absolute Gasteiger partial charge is 0.315 e. The Morgan fingerprint density at radius 1 is 1.30 bits per heavy atom. The zero-order valence-corrected chi connectivity index (χ0v) is 13.6. The first-order chi connectivity index (χ1) is 10.8. The molecule has 1 aliphatic rings. The Morgan fingerprint density at radius 3 is 2.39 bits per heavy atom.